The number of nitrogens with zero attached hydrogens (tertiary/aromatic N) is 4. The molecule has 2 N–H and O–H groups in total. The summed E-state index contributed by atoms with van der Waals surface area (Å²) in [5.74, 6) is 0.553. The lowest BCUT2D eigenvalue weighted by Gasteiger charge is -2.22. The third-order valence-electron chi connectivity index (χ3n) is 3.50. The summed E-state index contributed by atoms with van der Waals surface area (Å²) in [5.41, 5.74) is 0. The number of rotatable bonds is 5. The van der Waals surface area contributed by atoms with Crippen LogP contribution in [0.15, 0.2) is 12.3 Å². The second-order valence-electron chi connectivity index (χ2n) is 5.37. The SMILES string of the molecule is CN(C)CCn1ccc(NC(=O)N2CCCC2CO)n1. The predicted octanol–water partition coefficient (Wildman–Crippen LogP) is 0.433. The van der Waals surface area contributed by atoms with Crippen molar-refractivity contribution < 1.29 is 9.90 Å². The Morgan fingerprint density at radius 1 is 1.60 bits per heavy atom. The van der Waals surface area contributed by atoms with Gasteiger partial charge in [-0.2, -0.15) is 5.10 Å². The number of hydrogen-bond acceptors (Lipinski definition) is 4. The number of aliphatic hydroxyl groups is 1. The second-order valence-corrected chi connectivity index (χ2v) is 5.37. The van der Waals surface area contributed by atoms with Crippen LogP contribution in [0.4, 0.5) is 10.6 Å². The average molecular weight is 281 g/mol. The molecule has 7 nitrogen and oxygen atoms in total. The molecular formula is C13H23N5O2. The quantitative estimate of drug-likeness (QED) is 0.821. The van der Waals surface area contributed by atoms with Crippen molar-refractivity contribution in [2.45, 2.75) is 25.4 Å². The first kappa shape index (κ1) is 14.8. The molecule has 2 amide bonds. The second kappa shape index (κ2) is 6.71. The van der Waals surface area contributed by atoms with E-state index >= 15 is 0 Å². The van der Waals surface area contributed by atoms with Crippen LogP contribution in [-0.4, -0.2) is 70.6 Å². The number of aliphatic hydroxyl groups excluding tert-OH is 1. The van der Waals surface area contributed by atoms with Gasteiger partial charge >= 0.3 is 6.03 Å². The monoisotopic (exact) mass is 281 g/mol. The van der Waals surface area contributed by atoms with Crippen molar-refractivity contribution >= 4 is 11.8 Å². The highest BCUT2D eigenvalue weighted by Gasteiger charge is 2.28. The van der Waals surface area contributed by atoms with Crippen LogP contribution in [0.3, 0.4) is 0 Å². The minimum Gasteiger partial charge on any atom is -0.394 e. The van der Waals surface area contributed by atoms with E-state index in [1.54, 1.807) is 11.0 Å². The normalized spacial score (nSPS) is 18.8. The first-order valence-electron chi connectivity index (χ1n) is 6.97. The van der Waals surface area contributed by atoms with Crippen molar-refractivity contribution in [1.82, 2.24) is 19.6 Å². The third-order valence-corrected chi connectivity index (χ3v) is 3.50. The molecule has 0 radical (unpaired) electrons. The number of aromatic nitrogens is 2. The lowest BCUT2D eigenvalue weighted by atomic mass is 10.2. The van der Waals surface area contributed by atoms with E-state index in [-0.39, 0.29) is 18.7 Å². The van der Waals surface area contributed by atoms with E-state index in [1.165, 1.54) is 0 Å². The minimum absolute atomic E-state index is 0.0185. The fourth-order valence-electron chi connectivity index (χ4n) is 2.33. The molecule has 1 fully saturated rings. The zero-order chi connectivity index (χ0) is 14.5. The van der Waals surface area contributed by atoms with Crippen LogP contribution >= 0.6 is 0 Å². The van der Waals surface area contributed by atoms with E-state index in [1.807, 2.05) is 25.0 Å². The molecule has 0 aliphatic carbocycles. The highest BCUT2D eigenvalue weighted by Crippen LogP contribution is 2.17. The van der Waals surface area contributed by atoms with Crippen LogP contribution in [0.1, 0.15) is 12.8 Å². The van der Waals surface area contributed by atoms with Gasteiger partial charge in [0.2, 0.25) is 0 Å². The fraction of sp³-hybridized carbons (Fsp3) is 0.692. The predicted molar refractivity (Wildman–Crippen MR) is 76.6 cm³/mol. The van der Waals surface area contributed by atoms with E-state index < -0.39 is 0 Å². The van der Waals surface area contributed by atoms with Crippen molar-refractivity contribution in [1.29, 1.82) is 0 Å². The van der Waals surface area contributed by atoms with Crippen LogP contribution in [0, 0.1) is 0 Å². The molecule has 0 aromatic carbocycles. The van der Waals surface area contributed by atoms with Gasteiger partial charge in [0.15, 0.2) is 5.82 Å². The summed E-state index contributed by atoms with van der Waals surface area (Å²) < 4.78 is 1.81. The molecule has 7 heteroatoms. The summed E-state index contributed by atoms with van der Waals surface area (Å²) in [6.45, 7) is 2.39. The summed E-state index contributed by atoms with van der Waals surface area (Å²) in [6, 6.07) is 1.54. The third kappa shape index (κ3) is 3.71. The molecule has 1 aromatic heterocycles. The summed E-state index contributed by atoms with van der Waals surface area (Å²) >= 11 is 0. The summed E-state index contributed by atoms with van der Waals surface area (Å²) in [4.78, 5) is 15.9. The first-order valence-corrected chi connectivity index (χ1v) is 6.97. The van der Waals surface area contributed by atoms with Crippen LogP contribution in [0.25, 0.3) is 0 Å². The van der Waals surface area contributed by atoms with E-state index in [2.05, 4.69) is 15.3 Å². The fourth-order valence-corrected chi connectivity index (χ4v) is 2.33. The minimum atomic E-state index is -0.181. The zero-order valence-corrected chi connectivity index (χ0v) is 12.1. The maximum absolute atomic E-state index is 12.1. The smallest absolute Gasteiger partial charge is 0.323 e. The van der Waals surface area contributed by atoms with Gasteiger partial charge in [-0.15, -0.1) is 0 Å². The number of urea groups is 1. The Morgan fingerprint density at radius 2 is 2.40 bits per heavy atom. The van der Waals surface area contributed by atoms with E-state index in [0.717, 1.165) is 25.9 Å². The van der Waals surface area contributed by atoms with Crippen molar-refractivity contribution in [3.63, 3.8) is 0 Å². The van der Waals surface area contributed by atoms with E-state index in [9.17, 15) is 9.90 Å². The van der Waals surface area contributed by atoms with Gasteiger partial charge in [0, 0.05) is 25.4 Å². The van der Waals surface area contributed by atoms with Crippen molar-refractivity contribution in [2.24, 2.45) is 0 Å². The summed E-state index contributed by atoms with van der Waals surface area (Å²) in [6.07, 6.45) is 3.66. The molecule has 0 saturated carbocycles. The highest BCUT2D eigenvalue weighted by molar-refractivity contribution is 5.88. The van der Waals surface area contributed by atoms with Crippen molar-refractivity contribution in [3.8, 4) is 0 Å². The molecule has 1 aliphatic rings. The van der Waals surface area contributed by atoms with Gasteiger partial charge in [0.1, 0.15) is 0 Å². The van der Waals surface area contributed by atoms with Crippen molar-refractivity contribution in [3.05, 3.63) is 12.3 Å². The standard InChI is InChI=1S/C13H23N5O2/c1-16(2)8-9-17-7-5-12(15-17)14-13(20)18-6-3-4-11(18)10-19/h5,7,11,19H,3-4,6,8-10H2,1-2H3,(H,14,15,20). The zero-order valence-electron chi connectivity index (χ0n) is 12.1. The van der Waals surface area contributed by atoms with Crippen LogP contribution in [-0.2, 0) is 6.54 Å². The topological polar surface area (TPSA) is 73.6 Å². The number of carbonyl (C=O) groups is 1. The first-order chi connectivity index (χ1) is 9.60. The maximum atomic E-state index is 12.1. The number of likely N-dealkylation sites (tertiary alicyclic amines) is 1. The number of likely N-dealkylation sites (N-methyl/N-ethyl adjacent to an activating group) is 1. The largest absolute Gasteiger partial charge is 0.394 e. The lowest BCUT2D eigenvalue weighted by Crippen LogP contribution is -2.40. The number of hydrogen-bond donors (Lipinski definition) is 2. The Morgan fingerprint density at radius 3 is 3.10 bits per heavy atom. The van der Waals surface area contributed by atoms with Gasteiger partial charge in [0.05, 0.1) is 19.2 Å². The highest BCUT2D eigenvalue weighted by atomic mass is 16.3. The Bertz CT molecular complexity index is 446. The van der Waals surface area contributed by atoms with Gasteiger partial charge in [-0.25, -0.2) is 4.79 Å². The van der Waals surface area contributed by atoms with Crippen LogP contribution in [0.2, 0.25) is 0 Å². The molecule has 1 unspecified atom stereocenters. The molecule has 112 valence electrons. The molecule has 1 aliphatic heterocycles. The Labute approximate surface area is 119 Å². The summed E-state index contributed by atoms with van der Waals surface area (Å²) in [5, 5.41) is 16.3. The lowest BCUT2D eigenvalue weighted by molar-refractivity contribution is 0.166. The van der Waals surface area contributed by atoms with Gasteiger partial charge in [0.25, 0.3) is 0 Å². The van der Waals surface area contributed by atoms with Crippen LogP contribution < -0.4 is 5.32 Å². The van der Waals surface area contributed by atoms with Gasteiger partial charge in [-0.05, 0) is 26.9 Å². The Balaban J connectivity index is 1.88. The molecule has 0 bridgehead atoms. The number of amides is 2. The van der Waals surface area contributed by atoms with E-state index in [0.29, 0.717) is 12.4 Å². The molecular weight excluding hydrogens is 258 g/mol. The average Bonchev–Trinajstić information content (AvgIpc) is 3.04. The van der Waals surface area contributed by atoms with Gasteiger partial charge < -0.3 is 14.9 Å². The Kier molecular flexibility index (Phi) is 4.97. The van der Waals surface area contributed by atoms with Crippen LogP contribution in [0.5, 0.6) is 0 Å². The van der Waals surface area contributed by atoms with Crippen molar-refractivity contribution in [2.75, 3.05) is 39.1 Å². The number of nitrogens with one attached hydrogen (secondary N) is 1. The molecule has 1 aromatic rings. The van der Waals surface area contributed by atoms with Gasteiger partial charge in [-0.1, -0.05) is 0 Å². The summed E-state index contributed by atoms with van der Waals surface area (Å²) in [7, 11) is 4.02. The molecule has 2 heterocycles. The molecule has 2 rings (SSSR count). The molecule has 20 heavy (non-hydrogen) atoms. The maximum Gasteiger partial charge on any atom is 0.323 e. The molecule has 1 atom stereocenters. The number of carbonyl (C=O) groups excluding carboxylic acids is 1. The molecule has 1 saturated heterocycles. The Hall–Kier alpha value is -1.60. The van der Waals surface area contributed by atoms with E-state index in [4.69, 9.17) is 0 Å². The molecule has 0 spiro atoms. The van der Waals surface area contributed by atoms with Gasteiger partial charge in [-0.3, -0.25) is 10.00 Å². The number of anilines is 1.